The Kier molecular flexibility index (Phi) is 4.18. The van der Waals surface area contributed by atoms with Crippen LogP contribution in [-0.2, 0) is 4.79 Å². The van der Waals surface area contributed by atoms with Gasteiger partial charge in [0.2, 0.25) is 0 Å². The molecule has 0 unspecified atom stereocenters. The Morgan fingerprint density at radius 1 is 1.37 bits per heavy atom. The minimum Gasteiger partial charge on any atom is -0.484 e. The lowest BCUT2D eigenvalue weighted by Crippen LogP contribution is -2.31. The van der Waals surface area contributed by atoms with Crippen molar-refractivity contribution in [2.45, 2.75) is 13.0 Å². The molecule has 1 amide bonds. The first-order valence-electron chi connectivity index (χ1n) is 5.86. The zero-order valence-electron chi connectivity index (χ0n) is 10.4. The molecule has 0 aliphatic carbocycles. The third-order valence-corrected chi connectivity index (χ3v) is 2.53. The first-order valence-corrected chi connectivity index (χ1v) is 5.86. The second-order valence-electron chi connectivity index (χ2n) is 4.05. The van der Waals surface area contributed by atoms with E-state index in [0.717, 1.165) is 0 Å². The number of carbonyl (C=O) groups excluding carboxylic acids is 1. The summed E-state index contributed by atoms with van der Waals surface area (Å²) in [5.41, 5.74) is 0. The Hall–Kier alpha value is -2.30. The summed E-state index contributed by atoms with van der Waals surface area (Å²) >= 11 is 0. The summed E-state index contributed by atoms with van der Waals surface area (Å²) < 4.78 is 23.1. The summed E-state index contributed by atoms with van der Waals surface area (Å²) in [5, 5.41) is 2.73. The van der Waals surface area contributed by atoms with Gasteiger partial charge in [0.25, 0.3) is 5.91 Å². The van der Waals surface area contributed by atoms with Gasteiger partial charge < -0.3 is 14.5 Å². The molecule has 0 bridgehead atoms. The third kappa shape index (κ3) is 3.84. The Bertz CT molecular complexity index is 522. The van der Waals surface area contributed by atoms with Crippen molar-refractivity contribution < 1.29 is 18.3 Å². The summed E-state index contributed by atoms with van der Waals surface area (Å²) in [5.74, 6) is 0.508. The highest BCUT2D eigenvalue weighted by Gasteiger charge is 2.12. The van der Waals surface area contributed by atoms with Gasteiger partial charge in [-0.2, -0.15) is 0 Å². The van der Waals surface area contributed by atoms with Crippen LogP contribution in [0.5, 0.6) is 5.75 Å². The Morgan fingerprint density at radius 2 is 2.11 bits per heavy atom. The average molecular weight is 263 g/mol. The van der Waals surface area contributed by atoms with Crippen molar-refractivity contribution in [2.75, 3.05) is 6.61 Å². The normalized spacial score (nSPS) is 11.9. The number of ether oxygens (including phenoxy) is 1. The van der Waals surface area contributed by atoms with Crippen LogP contribution in [0.1, 0.15) is 18.7 Å². The fourth-order valence-electron chi connectivity index (χ4n) is 1.57. The third-order valence-electron chi connectivity index (χ3n) is 2.53. The molecule has 1 aromatic heterocycles. The maximum Gasteiger partial charge on any atom is 0.258 e. The first-order chi connectivity index (χ1) is 9.15. The van der Waals surface area contributed by atoms with E-state index in [1.165, 1.54) is 24.3 Å². The molecule has 0 radical (unpaired) electrons. The fraction of sp³-hybridized carbons (Fsp3) is 0.214. The lowest BCUT2D eigenvalue weighted by atomic mass is 10.2. The zero-order valence-corrected chi connectivity index (χ0v) is 10.4. The number of hydrogen-bond donors (Lipinski definition) is 1. The molecule has 0 spiro atoms. The van der Waals surface area contributed by atoms with Crippen LogP contribution in [0.25, 0.3) is 0 Å². The molecule has 0 fully saturated rings. The summed E-state index contributed by atoms with van der Waals surface area (Å²) in [7, 11) is 0. The van der Waals surface area contributed by atoms with Crippen molar-refractivity contribution in [3.05, 3.63) is 54.2 Å². The number of hydrogen-bond acceptors (Lipinski definition) is 3. The maximum absolute atomic E-state index is 12.7. The lowest BCUT2D eigenvalue weighted by Gasteiger charge is -2.12. The number of carbonyl (C=O) groups is 1. The van der Waals surface area contributed by atoms with Crippen molar-refractivity contribution in [2.24, 2.45) is 0 Å². The van der Waals surface area contributed by atoms with Crippen LogP contribution in [0, 0.1) is 5.82 Å². The molecule has 2 rings (SSSR count). The molecule has 1 N–H and O–H groups in total. The zero-order chi connectivity index (χ0) is 13.7. The largest absolute Gasteiger partial charge is 0.484 e. The smallest absolute Gasteiger partial charge is 0.258 e. The summed E-state index contributed by atoms with van der Waals surface area (Å²) in [6, 6.07) is 8.81. The van der Waals surface area contributed by atoms with Gasteiger partial charge in [-0.1, -0.05) is 0 Å². The molecular weight excluding hydrogens is 249 g/mol. The minimum atomic E-state index is -0.344. The lowest BCUT2D eigenvalue weighted by molar-refractivity contribution is -0.123. The molecule has 0 saturated carbocycles. The van der Waals surface area contributed by atoms with Crippen LogP contribution < -0.4 is 10.1 Å². The molecule has 5 heteroatoms. The molecule has 0 saturated heterocycles. The molecule has 0 aliphatic rings. The Morgan fingerprint density at radius 3 is 2.74 bits per heavy atom. The van der Waals surface area contributed by atoms with Crippen molar-refractivity contribution in [3.8, 4) is 5.75 Å². The van der Waals surface area contributed by atoms with Gasteiger partial charge in [-0.3, -0.25) is 4.79 Å². The molecule has 1 heterocycles. The van der Waals surface area contributed by atoms with Crippen molar-refractivity contribution >= 4 is 5.91 Å². The van der Waals surface area contributed by atoms with Crippen LogP contribution >= 0.6 is 0 Å². The number of benzene rings is 1. The second kappa shape index (κ2) is 6.04. The van der Waals surface area contributed by atoms with Crippen molar-refractivity contribution in [1.82, 2.24) is 5.32 Å². The van der Waals surface area contributed by atoms with Crippen LogP contribution in [0.3, 0.4) is 0 Å². The topological polar surface area (TPSA) is 51.5 Å². The number of furan rings is 1. The van der Waals surface area contributed by atoms with Gasteiger partial charge >= 0.3 is 0 Å². The predicted molar refractivity (Wildman–Crippen MR) is 67.2 cm³/mol. The Balaban J connectivity index is 1.80. The van der Waals surface area contributed by atoms with E-state index in [9.17, 15) is 9.18 Å². The van der Waals surface area contributed by atoms with E-state index in [1.807, 2.05) is 6.92 Å². The SMILES string of the molecule is C[C@H](NC(=O)COc1ccc(F)cc1)c1ccco1. The second-order valence-corrected chi connectivity index (χ2v) is 4.05. The molecule has 1 atom stereocenters. The van der Waals surface area contributed by atoms with Gasteiger partial charge in [0.1, 0.15) is 17.3 Å². The number of rotatable bonds is 5. The van der Waals surface area contributed by atoms with Gasteiger partial charge in [-0.25, -0.2) is 4.39 Å². The quantitative estimate of drug-likeness (QED) is 0.902. The van der Waals surface area contributed by atoms with Crippen LogP contribution in [0.15, 0.2) is 47.1 Å². The van der Waals surface area contributed by atoms with Gasteiger partial charge in [0.05, 0.1) is 12.3 Å². The van der Waals surface area contributed by atoms with E-state index in [-0.39, 0.29) is 24.4 Å². The van der Waals surface area contributed by atoms with Gasteiger partial charge in [0.15, 0.2) is 6.61 Å². The first kappa shape index (κ1) is 13.1. The Labute approximate surface area is 110 Å². The van der Waals surface area contributed by atoms with E-state index in [2.05, 4.69) is 5.32 Å². The van der Waals surface area contributed by atoms with Crippen molar-refractivity contribution in [3.63, 3.8) is 0 Å². The van der Waals surface area contributed by atoms with Gasteiger partial charge in [-0.15, -0.1) is 0 Å². The molecule has 1 aromatic carbocycles. The number of nitrogens with one attached hydrogen (secondary N) is 1. The van der Waals surface area contributed by atoms with Crippen LogP contribution in [0.2, 0.25) is 0 Å². The molecule has 0 aliphatic heterocycles. The number of amides is 1. The summed E-state index contributed by atoms with van der Waals surface area (Å²) in [4.78, 5) is 11.6. The standard InChI is InChI=1S/C14H14FNO3/c1-10(13-3-2-8-18-13)16-14(17)9-19-12-6-4-11(15)5-7-12/h2-8,10H,9H2,1H3,(H,16,17)/t10-/m0/s1. The predicted octanol–water partition coefficient (Wildman–Crippen LogP) is 2.67. The fourth-order valence-corrected chi connectivity index (χ4v) is 1.57. The van der Waals surface area contributed by atoms with Gasteiger partial charge in [0, 0.05) is 0 Å². The molecule has 2 aromatic rings. The van der Waals surface area contributed by atoms with E-state index >= 15 is 0 Å². The van der Waals surface area contributed by atoms with Crippen LogP contribution in [-0.4, -0.2) is 12.5 Å². The molecular formula is C14H14FNO3. The van der Waals surface area contributed by atoms with E-state index in [4.69, 9.17) is 9.15 Å². The van der Waals surface area contributed by atoms with E-state index in [1.54, 1.807) is 18.4 Å². The highest BCUT2D eigenvalue weighted by molar-refractivity contribution is 5.77. The average Bonchev–Trinajstić information content (AvgIpc) is 2.92. The minimum absolute atomic E-state index is 0.128. The van der Waals surface area contributed by atoms with Crippen LogP contribution in [0.4, 0.5) is 4.39 Å². The van der Waals surface area contributed by atoms with Crippen molar-refractivity contribution in [1.29, 1.82) is 0 Å². The number of halogens is 1. The monoisotopic (exact) mass is 263 g/mol. The van der Waals surface area contributed by atoms with Gasteiger partial charge in [-0.05, 0) is 43.3 Å². The molecule has 19 heavy (non-hydrogen) atoms. The van der Waals surface area contributed by atoms with E-state index in [0.29, 0.717) is 11.5 Å². The highest BCUT2D eigenvalue weighted by atomic mass is 19.1. The van der Waals surface area contributed by atoms with E-state index < -0.39 is 0 Å². The molecule has 4 nitrogen and oxygen atoms in total. The molecule has 100 valence electrons. The maximum atomic E-state index is 12.7. The summed E-state index contributed by atoms with van der Waals surface area (Å²) in [6.45, 7) is 1.69. The summed E-state index contributed by atoms with van der Waals surface area (Å²) in [6.07, 6.45) is 1.55. The highest BCUT2D eigenvalue weighted by Crippen LogP contribution is 2.13.